The van der Waals surface area contributed by atoms with Gasteiger partial charge in [-0.25, -0.2) is 4.39 Å². The third kappa shape index (κ3) is 3.16. The molecule has 2 aromatic rings. The van der Waals surface area contributed by atoms with Crippen molar-refractivity contribution in [2.75, 3.05) is 0 Å². The minimum absolute atomic E-state index is 0.000365. The molecule has 1 fully saturated rings. The van der Waals surface area contributed by atoms with Crippen LogP contribution >= 0.6 is 11.3 Å². The maximum Gasteiger partial charge on any atom is 0.254 e. The summed E-state index contributed by atoms with van der Waals surface area (Å²) in [5, 5.41) is 5.07. The average Bonchev–Trinajstić information content (AvgIpc) is 3.18. The lowest BCUT2D eigenvalue weighted by Crippen LogP contribution is -2.32. The van der Waals surface area contributed by atoms with Crippen LogP contribution in [0.2, 0.25) is 0 Å². The third-order valence-electron chi connectivity index (χ3n) is 4.13. The number of carbonyl (C=O) groups is 1. The van der Waals surface area contributed by atoms with Crippen molar-refractivity contribution in [3.8, 4) is 0 Å². The summed E-state index contributed by atoms with van der Waals surface area (Å²) in [6, 6.07) is 10.2. The molecular weight excluding hydrogens is 285 g/mol. The number of hydrogen-bond acceptors (Lipinski definition) is 2. The van der Waals surface area contributed by atoms with Crippen LogP contribution in [0.1, 0.15) is 47.0 Å². The summed E-state index contributed by atoms with van der Waals surface area (Å²) in [6.07, 6.45) is 4.67. The van der Waals surface area contributed by atoms with Gasteiger partial charge in [0.15, 0.2) is 0 Å². The number of nitrogens with one attached hydrogen (secondary N) is 1. The molecule has 1 atom stereocenters. The molecule has 1 aliphatic rings. The van der Waals surface area contributed by atoms with Crippen LogP contribution in [-0.4, -0.2) is 5.91 Å². The van der Waals surface area contributed by atoms with E-state index < -0.39 is 5.82 Å². The Morgan fingerprint density at radius 2 is 1.95 bits per heavy atom. The second kappa shape index (κ2) is 6.39. The molecule has 1 N–H and O–H groups in total. The molecule has 1 saturated carbocycles. The van der Waals surface area contributed by atoms with Crippen molar-refractivity contribution in [1.29, 1.82) is 0 Å². The molecule has 0 unspecified atom stereocenters. The van der Waals surface area contributed by atoms with E-state index in [1.54, 1.807) is 23.5 Å². The van der Waals surface area contributed by atoms with Crippen molar-refractivity contribution in [2.45, 2.75) is 31.7 Å². The molecule has 0 saturated heterocycles. The molecule has 2 nitrogen and oxygen atoms in total. The highest BCUT2D eigenvalue weighted by molar-refractivity contribution is 7.10. The standard InChI is InChI=1S/C17H18FNOS/c18-14-9-4-3-8-13(14)17(20)19-16(12-6-1-2-7-12)15-10-5-11-21-15/h3-5,8-12,16H,1-2,6-7H2,(H,19,20)/t16-/m1/s1. The molecule has 1 heterocycles. The first-order chi connectivity index (χ1) is 10.3. The summed E-state index contributed by atoms with van der Waals surface area (Å²) >= 11 is 1.65. The van der Waals surface area contributed by atoms with Gasteiger partial charge in [-0.15, -0.1) is 11.3 Å². The average molecular weight is 303 g/mol. The molecule has 1 aromatic carbocycles. The van der Waals surface area contributed by atoms with Crippen molar-refractivity contribution in [2.24, 2.45) is 5.92 Å². The van der Waals surface area contributed by atoms with Gasteiger partial charge in [0.25, 0.3) is 5.91 Å². The van der Waals surface area contributed by atoms with Gasteiger partial charge in [0.2, 0.25) is 0 Å². The highest BCUT2D eigenvalue weighted by Crippen LogP contribution is 2.37. The number of rotatable bonds is 4. The van der Waals surface area contributed by atoms with Crippen molar-refractivity contribution in [3.05, 3.63) is 58.0 Å². The van der Waals surface area contributed by atoms with Gasteiger partial charge < -0.3 is 5.32 Å². The lowest BCUT2D eigenvalue weighted by molar-refractivity contribution is 0.0918. The van der Waals surface area contributed by atoms with E-state index in [0.717, 1.165) is 17.7 Å². The van der Waals surface area contributed by atoms with Crippen LogP contribution < -0.4 is 5.32 Å². The van der Waals surface area contributed by atoms with E-state index in [-0.39, 0.29) is 17.5 Å². The first kappa shape index (κ1) is 14.3. The Bertz CT molecular complexity index is 605. The van der Waals surface area contributed by atoms with Crippen LogP contribution in [0.25, 0.3) is 0 Å². The Labute approximate surface area is 128 Å². The first-order valence-corrected chi connectivity index (χ1v) is 8.22. The maximum absolute atomic E-state index is 13.8. The quantitative estimate of drug-likeness (QED) is 0.882. The van der Waals surface area contributed by atoms with Gasteiger partial charge in [-0.2, -0.15) is 0 Å². The van der Waals surface area contributed by atoms with E-state index in [1.165, 1.54) is 25.0 Å². The number of carbonyl (C=O) groups excluding carboxylic acids is 1. The van der Waals surface area contributed by atoms with E-state index in [4.69, 9.17) is 0 Å². The molecule has 21 heavy (non-hydrogen) atoms. The fraction of sp³-hybridized carbons (Fsp3) is 0.353. The number of halogens is 1. The molecular formula is C17H18FNOS. The van der Waals surface area contributed by atoms with Crippen LogP contribution in [0.5, 0.6) is 0 Å². The highest BCUT2D eigenvalue weighted by Gasteiger charge is 2.29. The van der Waals surface area contributed by atoms with Crippen molar-refractivity contribution in [3.63, 3.8) is 0 Å². The van der Waals surface area contributed by atoms with Crippen LogP contribution in [0.15, 0.2) is 41.8 Å². The van der Waals surface area contributed by atoms with Crippen LogP contribution in [0.4, 0.5) is 4.39 Å². The summed E-state index contributed by atoms with van der Waals surface area (Å²) < 4.78 is 13.8. The fourth-order valence-electron chi connectivity index (χ4n) is 3.04. The Morgan fingerprint density at radius 1 is 1.19 bits per heavy atom. The zero-order valence-corrected chi connectivity index (χ0v) is 12.5. The van der Waals surface area contributed by atoms with Gasteiger partial charge in [0.1, 0.15) is 5.82 Å². The van der Waals surface area contributed by atoms with Gasteiger partial charge in [0.05, 0.1) is 11.6 Å². The second-order valence-corrected chi connectivity index (χ2v) is 6.47. The van der Waals surface area contributed by atoms with E-state index in [1.807, 2.05) is 11.4 Å². The normalized spacial score (nSPS) is 16.8. The van der Waals surface area contributed by atoms with E-state index in [2.05, 4.69) is 11.4 Å². The lowest BCUT2D eigenvalue weighted by atomic mass is 9.96. The third-order valence-corrected chi connectivity index (χ3v) is 5.08. The highest BCUT2D eigenvalue weighted by atomic mass is 32.1. The van der Waals surface area contributed by atoms with E-state index in [0.29, 0.717) is 5.92 Å². The minimum atomic E-state index is -0.466. The van der Waals surface area contributed by atoms with Gasteiger partial charge in [-0.05, 0) is 42.3 Å². The largest absolute Gasteiger partial charge is 0.344 e. The molecule has 110 valence electrons. The summed E-state index contributed by atoms with van der Waals surface area (Å²) in [5.74, 6) is -0.330. The molecule has 1 amide bonds. The summed E-state index contributed by atoms with van der Waals surface area (Å²) in [7, 11) is 0. The van der Waals surface area contributed by atoms with Crippen LogP contribution in [0.3, 0.4) is 0 Å². The zero-order valence-electron chi connectivity index (χ0n) is 11.7. The summed E-state index contributed by atoms with van der Waals surface area (Å²) in [4.78, 5) is 13.5. The Hall–Kier alpha value is -1.68. The monoisotopic (exact) mass is 303 g/mol. The van der Waals surface area contributed by atoms with Gasteiger partial charge in [-0.1, -0.05) is 31.0 Å². The Morgan fingerprint density at radius 3 is 2.62 bits per heavy atom. The SMILES string of the molecule is O=C(N[C@@H](c1cccs1)C1CCCC1)c1ccccc1F. The van der Waals surface area contributed by atoms with E-state index >= 15 is 0 Å². The number of benzene rings is 1. The maximum atomic E-state index is 13.8. The summed E-state index contributed by atoms with van der Waals surface area (Å²) in [5.41, 5.74) is 0.122. The smallest absolute Gasteiger partial charge is 0.254 e. The first-order valence-electron chi connectivity index (χ1n) is 7.34. The topological polar surface area (TPSA) is 29.1 Å². The zero-order chi connectivity index (χ0) is 14.7. The lowest BCUT2D eigenvalue weighted by Gasteiger charge is -2.24. The van der Waals surface area contributed by atoms with E-state index in [9.17, 15) is 9.18 Å². The predicted octanol–water partition coefficient (Wildman–Crippen LogP) is 4.55. The number of thiophene rings is 1. The van der Waals surface area contributed by atoms with Crippen LogP contribution in [0, 0.1) is 11.7 Å². The van der Waals surface area contributed by atoms with Gasteiger partial charge >= 0.3 is 0 Å². The summed E-state index contributed by atoms with van der Waals surface area (Å²) in [6.45, 7) is 0. The molecule has 1 aromatic heterocycles. The molecule has 0 spiro atoms. The van der Waals surface area contributed by atoms with Crippen LogP contribution in [-0.2, 0) is 0 Å². The number of amides is 1. The molecule has 0 bridgehead atoms. The minimum Gasteiger partial charge on any atom is -0.344 e. The molecule has 0 radical (unpaired) electrons. The second-order valence-electron chi connectivity index (χ2n) is 5.49. The molecule has 4 heteroatoms. The molecule has 0 aliphatic heterocycles. The molecule has 3 rings (SSSR count). The predicted molar refractivity (Wildman–Crippen MR) is 82.9 cm³/mol. The van der Waals surface area contributed by atoms with Crippen molar-refractivity contribution in [1.82, 2.24) is 5.32 Å². The van der Waals surface area contributed by atoms with Crippen molar-refractivity contribution < 1.29 is 9.18 Å². The fourth-order valence-corrected chi connectivity index (χ4v) is 3.91. The number of hydrogen-bond donors (Lipinski definition) is 1. The Kier molecular flexibility index (Phi) is 4.34. The molecule has 1 aliphatic carbocycles. The Balaban J connectivity index is 1.81. The van der Waals surface area contributed by atoms with Gasteiger partial charge in [0, 0.05) is 4.88 Å². The van der Waals surface area contributed by atoms with Gasteiger partial charge in [-0.3, -0.25) is 4.79 Å². The van der Waals surface area contributed by atoms with Crippen molar-refractivity contribution >= 4 is 17.2 Å².